The summed E-state index contributed by atoms with van der Waals surface area (Å²) in [4.78, 5) is 27.1. The van der Waals surface area contributed by atoms with Gasteiger partial charge in [0.15, 0.2) is 5.82 Å². The SMILES string of the molecule is O=C(Cc1ccccc1)N1CC2(C1)OCCC2CCOc1ncccc1F.O=C(O)C(F)(F)F. The molecule has 0 aliphatic carbocycles. The maximum absolute atomic E-state index is 13.6. The molecule has 1 amide bonds. The average Bonchev–Trinajstić information content (AvgIpc) is 3.18. The van der Waals surface area contributed by atoms with Gasteiger partial charge >= 0.3 is 12.1 Å². The van der Waals surface area contributed by atoms with E-state index in [0.717, 1.165) is 18.4 Å². The summed E-state index contributed by atoms with van der Waals surface area (Å²) in [6.45, 7) is 2.34. The van der Waals surface area contributed by atoms with Crippen LogP contribution in [0.2, 0.25) is 0 Å². The summed E-state index contributed by atoms with van der Waals surface area (Å²) in [5.74, 6) is -2.72. The van der Waals surface area contributed by atoms with Gasteiger partial charge in [0.25, 0.3) is 0 Å². The lowest BCUT2D eigenvalue weighted by atomic mass is 9.79. The molecule has 7 nitrogen and oxygen atoms in total. The third kappa shape index (κ3) is 6.43. The van der Waals surface area contributed by atoms with Crippen molar-refractivity contribution in [1.29, 1.82) is 0 Å². The van der Waals surface area contributed by atoms with Crippen molar-refractivity contribution >= 4 is 11.9 Å². The van der Waals surface area contributed by atoms with Gasteiger partial charge in [-0.05, 0) is 36.5 Å². The summed E-state index contributed by atoms with van der Waals surface area (Å²) in [6.07, 6.45) is -1.45. The van der Waals surface area contributed by atoms with E-state index >= 15 is 0 Å². The maximum Gasteiger partial charge on any atom is 0.490 e. The first-order valence-electron chi connectivity index (χ1n) is 10.6. The Morgan fingerprint density at radius 1 is 1.18 bits per heavy atom. The molecule has 34 heavy (non-hydrogen) atoms. The van der Waals surface area contributed by atoms with Crippen LogP contribution in [-0.2, 0) is 20.7 Å². The summed E-state index contributed by atoms with van der Waals surface area (Å²) in [7, 11) is 0. The van der Waals surface area contributed by atoms with Crippen LogP contribution in [0.25, 0.3) is 0 Å². The second kappa shape index (κ2) is 10.8. The molecule has 1 N–H and O–H groups in total. The Morgan fingerprint density at radius 3 is 2.47 bits per heavy atom. The van der Waals surface area contributed by atoms with Crippen molar-refractivity contribution in [2.24, 2.45) is 5.92 Å². The molecule has 0 radical (unpaired) electrons. The Kier molecular flexibility index (Phi) is 8.08. The molecule has 2 fully saturated rings. The van der Waals surface area contributed by atoms with Crippen molar-refractivity contribution in [1.82, 2.24) is 9.88 Å². The highest BCUT2D eigenvalue weighted by Crippen LogP contribution is 2.41. The molecule has 1 atom stereocenters. The number of amides is 1. The standard InChI is InChI=1S/C21H23FN2O3.C2HF3O2/c22-18-7-4-10-23-20(18)26-11-8-17-9-12-27-21(17)14-24(15-21)19(25)13-16-5-2-1-3-6-16;3-2(4,5)1(6)7/h1-7,10,17H,8-9,11-15H2;(H,6,7). The summed E-state index contributed by atoms with van der Waals surface area (Å²) < 4.78 is 56.8. The molecule has 0 saturated carbocycles. The number of likely N-dealkylation sites (tertiary alicyclic amines) is 1. The minimum absolute atomic E-state index is 0.0405. The summed E-state index contributed by atoms with van der Waals surface area (Å²) in [5, 5.41) is 7.12. The number of ether oxygens (including phenoxy) is 2. The van der Waals surface area contributed by atoms with Crippen molar-refractivity contribution in [3.63, 3.8) is 0 Å². The fraction of sp³-hybridized carbons (Fsp3) is 0.435. The molecule has 1 aromatic heterocycles. The minimum Gasteiger partial charge on any atom is -0.476 e. The van der Waals surface area contributed by atoms with Crippen molar-refractivity contribution in [2.45, 2.75) is 31.0 Å². The minimum atomic E-state index is -5.08. The van der Waals surface area contributed by atoms with E-state index in [1.165, 1.54) is 18.3 Å². The number of benzene rings is 1. The van der Waals surface area contributed by atoms with Crippen molar-refractivity contribution in [3.05, 3.63) is 60.0 Å². The Labute approximate surface area is 193 Å². The monoisotopic (exact) mass is 484 g/mol. The van der Waals surface area contributed by atoms with Gasteiger partial charge in [-0.25, -0.2) is 14.2 Å². The normalized spacial score (nSPS) is 18.6. The van der Waals surface area contributed by atoms with Crippen LogP contribution in [0.15, 0.2) is 48.7 Å². The number of nitrogens with zero attached hydrogens (tertiary/aromatic N) is 2. The number of halogens is 4. The van der Waals surface area contributed by atoms with Crippen LogP contribution in [0.1, 0.15) is 18.4 Å². The predicted molar refractivity (Wildman–Crippen MR) is 112 cm³/mol. The summed E-state index contributed by atoms with van der Waals surface area (Å²) in [6, 6.07) is 12.7. The Morgan fingerprint density at radius 2 is 1.85 bits per heavy atom. The van der Waals surface area contributed by atoms with Crippen LogP contribution in [0.4, 0.5) is 17.6 Å². The lowest BCUT2D eigenvalue weighted by Gasteiger charge is -2.50. The molecular weight excluding hydrogens is 460 g/mol. The van der Waals surface area contributed by atoms with Gasteiger partial charge in [0.1, 0.15) is 5.60 Å². The molecule has 1 unspecified atom stereocenters. The van der Waals surface area contributed by atoms with E-state index in [9.17, 15) is 22.4 Å². The molecule has 1 aromatic carbocycles. The predicted octanol–water partition coefficient (Wildman–Crippen LogP) is 3.48. The lowest BCUT2D eigenvalue weighted by molar-refractivity contribution is -0.192. The van der Waals surface area contributed by atoms with Gasteiger partial charge in [-0.15, -0.1) is 0 Å². The van der Waals surface area contributed by atoms with Gasteiger partial charge in [-0.2, -0.15) is 13.2 Å². The first-order valence-corrected chi connectivity index (χ1v) is 10.6. The number of aromatic nitrogens is 1. The quantitative estimate of drug-likeness (QED) is 0.632. The number of alkyl halides is 3. The van der Waals surface area contributed by atoms with Crippen molar-refractivity contribution in [2.75, 3.05) is 26.3 Å². The molecule has 184 valence electrons. The van der Waals surface area contributed by atoms with E-state index in [2.05, 4.69) is 4.98 Å². The van der Waals surface area contributed by atoms with E-state index in [4.69, 9.17) is 19.4 Å². The van der Waals surface area contributed by atoms with Gasteiger partial charge in [0, 0.05) is 12.8 Å². The number of carbonyl (C=O) groups excluding carboxylic acids is 1. The number of carboxylic acid groups (broad SMARTS) is 1. The molecular formula is C23H24F4N2O5. The molecule has 2 aliphatic rings. The number of carbonyl (C=O) groups is 2. The van der Waals surface area contributed by atoms with Gasteiger partial charge in [0.2, 0.25) is 11.8 Å². The van der Waals surface area contributed by atoms with Gasteiger partial charge in [-0.1, -0.05) is 30.3 Å². The number of hydrogen-bond donors (Lipinski definition) is 1. The first-order chi connectivity index (χ1) is 16.1. The molecule has 11 heteroatoms. The third-order valence-corrected chi connectivity index (χ3v) is 5.74. The second-order valence-corrected chi connectivity index (χ2v) is 8.04. The fourth-order valence-corrected chi connectivity index (χ4v) is 3.98. The molecule has 2 aromatic rings. The molecule has 2 aliphatic heterocycles. The van der Waals surface area contributed by atoms with E-state index in [-0.39, 0.29) is 17.4 Å². The molecule has 1 spiro atoms. The average molecular weight is 484 g/mol. The largest absolute Gasteiger partial charge is 0.490 e. The molecule has 4 rings (SSSR count). The lowest BCUT2D eigenvalue weighted by Crippen LogP contribution is -2.66. The van der Waals surface area contributed by atoms with Gasteiger partial charge in [-0.3, -0.25) is 4.79 Å². The zero-order chi connectivity index (χ0) is 24.8. The van der Waals surface area contributed by atoms with Gasteiger partial charge < -0.3 is 19.5 Å². The molecule has 2 saturated heterocycles. The van der Waals surface area contributed by atoms with Crippen LogP contribution in [0, 0.1) is 11.7 Å². The van der Waals surface area contributed by atoms with Crippen LogP contribution < -0.4 is 4.74 Å². The first kappa shape index (κ1) is 25.4. The Balaban J connectivity index is 0.000000406. The summed E-state index contributed by atoms with van der Waals surface area (Å²) >= 11 is 0. The zero-order valence-corrected chi connectivity index (χ0v) is 18.1. The van der Waals surface area contributed by atoms with E-state index in [1.807, 2.05) is 35.2 Å². The number of hydrogen-bond acceptors (Lipinski definition) is 5. The number of pyridine rings is 1. The van der Waals surface area contributed by atoms with E-state index in [0.29, 0.717) is 38.6 Å². The van der Waals surface area contributed by atoms with Crippen molar-refractivity contribution in [3.8, 4) is 5.88 Å². The summed E-state index contributed by atoms with van der Waals surface area (Å²) in [5.41, 5.74) is 0.761. The highest BCUT2D eigenvalue weighted by atomic mass is 19.4. The van der Waals surface area contributed by atoms with Crippen LogP contribution in [0.3, 0.4) is 0 Å². The second-order valence-electron chi connectivity index (χ2n) is 8.04. The van der Waals surface area contributed by atoms with Crippen LogP contribution >= 0.6 is 0 Å². The third-order valence-electron chi connectivity index (χ3n) is 5.74. The number of rotatable bonds is 6. The maximum atomic E-state index is 13.6. The van der Waals surface area contributed by atoms with Crippen LogP contribution in [-0.4, -0.2) is 64.9 Å². The fourth-order valence-electron chi connectivity index (χ4n) is 3.98. The highest BCUT2D eigenvalue weighted by Gasteiger charge is 2.54. The molecule has 3 heterocycles. The topological polar surface area (TPSA) is 89.0 Å². The number of carboxylic acids is 1. The zero-order valence-electron chi connectivity index (χ0n) is 18.1. The Hall–Kier alpha value is -3.21. The van der Waals surface area contributed by atoms with E-state index < -0.39 is 18.0 Å². The number of aliphatic carboxylic acids is 1. The molecule has 0 bridgehead atoms. The van der Waals surface area contributed by atoms with Crippen molar-refractivity contribution < 1.29 is 41.7 Å². The Bertz CT molecular complexity index is 981. The highest BCUT2D eigenvalue weighted by molar-refractivity contribution is 5.80. The van der Waals surface area contributed by atoms with Gasteiger partial charge in [0.05, 0.1) is 26.1 Å². The van der Waals surface area contributed by atoms with Crippen LogP contribution in [0.5, 0.6) is 5.88 Å². The van der Waals surface area contributed by atoms with E-state index in [1.54, 1.807) is 0 Å². The smallest absolute Gasteiger partial charge is 0.476 e.